The Balaban J connectivity index is 0.000000169. The van der Waals surface area contributed by atoms with E-state index in [1.54, 1.807) is 42.5 Å². The predicted octanol–water partition coefficient (Wildman–Crippen LogP) is 8.00. The monoisotopic (exact) mass is 1910 g/mol. The molecule has 139 heavy (non-hydrogen) atoms. The Morgan fingerprint density at radius 1 is 0.453 bits per heavy atom. The summed E-state index contributed by atoms with van der Waals surface area (Å²) in [5.41, 5.74) is 15.3. The lowest BCUT2D eigenvalue weighted by atomic mass is 10.0. The highest BCUT2D eigenvalue weighted by Crippen LogP contribution is 2.38. The number of ether oxygens (including phenoxy) is 4. The Morgan fingerprint density at radius 3 is 1.29 bits per heavy atom. The first kappa shape index (κ1) is 97.5. The number of piperidine rings is 2. The molecule has 2 atom stereocenters. The number of hydrogen-bond acceptors (Lipinski definition) is 27. The average Bonchev–Trinajstić information content (AvgIpc) is 1.60. The highest BCUT2D eigenvalue weighted by molar-refractivity contribution is 6.27. The lowest BCUT2D eigenvalue weighted by Crippen LogP contribution is -2.54. The van der Waals surface area contributed by atoms with E-state index in [9.17, 15) is 75.1 Å². The Hall–Kier alpha value is -14.6. The molecule has 2 aromatic heterocycles. The number of nitrogens with one attached hydrogen (secondary N) is 11. The van der Waals surface area contributed by atoms with Crippen molar-refractivity contribution < 1.29 is 99.2 Å². The van der Waals surface area contributed by atoms with E-state index in [2.05, 4.69) is 82.9 Å². The van der Waals surface area contributed by atoms with Crippen LogP contribution in [0.2, 0.25) is 0 Å². The summed E-state index contributed by atoms with van der Waals surface area (Å²) >= 11 is 0. The molecule has 18 rings (SSSR count). The molecule has 0 saturated carbocycles. The van der Waals surface area contributed by atoms with E-state index in [0.717, 1.165) is 70.1 Å². The number of H-pyrrole nitrogens is 2. The molecule has 41 heteroatoms. The number of carbonyl (C=O) groups is 12. The van der Waals surface area contributed by atoms with Crippen molar-refractivity contribution in [3.8, 4) is 0 Å². The number of nitrogens with zero attached hydrogens (tertiary/aromatic N) is 8. The van der Waals surface area contributed by atoms with Crippen molar-refractivity contribution in [2.75, 3.05) is 186 Å². The van der Waals surface area contributed by atoms with Gasteiger partial charge in [0.25, 0.3) is 35.4 Å². The minimum Gasteiger partial charge on any atom is -0.480 e. The molecule has 10 heterocycles. The molecule has 728 valence electrons. The van der Waals surface area contributed by atoms with Crippen molar-refractivity contribution in [2.45, 2.75) is 88.4 Å². The zero-order valence-corrected chi connectivity index (χ0v) is 75.9. The topological polar surface area (TPSA) is 473 Å². The lowest BCUT2D eigenvalue weighted by molar-refractivity contribution is -0.139. The third kappa shape index (κ3) is 24.1. The number of rotatable bonds is 33. The molecule has 0 bridgehead atoms. The van der Waals surface area contributed by atoms with Gasteiger partial charge < -0.3 is 76.8 Å². The third-order valence-corrected chi connectivity index (χ3v) is 25.1. The quantitative estimate of drug-likeness (QED) is 0.0105. The van der Waals surface area contributed by atoms with Crippen LogP contribution in [-0.4, -0.2) is 285 Å². The van der Waals surface area contributed by atoms with Gasteiger partial charge in [0.15, 0.2) is 11.6 Å². The van der Waals surface area contributed by atoms with Crippen molar-refractivity contribution in [3.05, 3.63) is 224 Å². The number of carboxylic acids is 1. The van der Waals surface area contributed by atoms with Crippen LogP contribution in [0.3, 0.4) is 0 Å². The van der Waals surface area contributed by atoms with Gasteiger partial charge in [0.2, 0.25) is 29.5 Å². The number of imide groups is 4. The number of amides is 11. The minimum absolute atomic E-state index is 0.0240. The van der Waals surface area contributed by atoms with Gasteiger partial charge in [0.05, 0.1) is 83.9 Å². The summed E-state index contributed by atoms with van der Waals surface area (Å²) in [4.78, 5) is 161. The zero-order chi connectivity index (χ0) is 97.3. The molecule has 8 aliphatic heterocycles. The molecule has 8 aromatic carbocycles. The Labute approximate surface area is 794 Å². The summed E-state index contributed by atoms with van der Waals surface area (Å²) in [7, 11) is 0. The number of hydrogen-bond donors (Lipinski definition) is 13. The molecule has 6 fully saturated rings. The number of benzene rings is 8. The third-order valence-electron chi connectivity index (χ3n) is 25.1. The van der Waals surface area contributed by atoms with Gasteiger partial charge in [-0.3, -0.25) is 98.0 Å². The van der Waals surface area contributed by atoms with Crippen LogP contribution in [-0.2, 0) is 60.6 Å². The number of carboxylic acid groups (broad SMARTS) is 1. The smallest absolute Gasteiger partial charge is 0.317 e. The number of nitrogens with two attached hydrogens (primary N) is 1. The number of anilines is 8. The van der Waals surface area contributed by atoms with Crippen molar-refractivity contribution in [1.29, 1.82) is 0 Å². The molecule has 2 unspecified atom stereocenters. The number of fused-ring (bicyclic) bond motifs is 4. The van der Waals surface area contributed by atoms with E-state index in [1.807, 2.05) is 65.6 Å². The number of carbonyl (C=O) groups excluding carboxylic acids is 11. The van der Waals surface area contributed by atoms with Gasteiger partial charge in [-0.2, -0.15) is 10.2 Å². The van der Waals surface area contributed by atoms with Crippen molar-refractivity contribution >= 4 is 139 Å². The summed E-state index contributed by atoms with van der Waals surface area (Å²) in [6.45, 7) is 10.9. The molecule has 0 spiro atoms. The van der Waals surface area contributed by atoms with E-state index < -0.39 is 88.6 Å². The van der Waals surface area contributed by atoms with Crippen LogP contribution in [0, 0.1) is 23.3 Å². The number of aliphatic carboxylic acids is 1. The maximum absolute atomic E-state index is 14.0. The van der Waals surface area contributed by atoms with Gasteiger partial charge in [0.1, 0.15) is 35.4 Å². The second kappa shape index (κ2) is 45.1. The summed E-state index contributed by atoms with van der Waals surface area (Å²) in [5.74, 6) is -7.88. The molecular formula is C98H106F4N20O17. The maximum Gasteiger partial charge on any atom is 0.317 e. The molecule has 0 radical (unpaired) electrons. The van der Waals surface area contributed by atoms with Gasteiger partial charge in [0, 0.05) is 187 Å². The van der Waals surface area contributed by atoms with Crippen LogP contribution in [0.1, 0.15) is 136 Å². The largest absolute Gasteiger partial charge is 0.480 e. The lowest BCUT2D eigenvalue weighted by Gasteiger charge is -2.36. The summed E-state index contributed by atoms with van der Waals surface area (Å²) in [6.07, 6.45) is 4.15. The summed E-state index contributed by atoms with van der Waals surface area (Å²) < 4.78 is 77.3. The molecule has 0 aliphatic carbocycles. The van der Waals surface area contributed by atoms with Crippen LogP contribution in [0.25, 0.3) is 21.8 Å². The summed E-state index contributed by atoms with van der Waals surface area (Å²) in [6, 6.07) is 37.3. The van der Waals surface area contributed by atoms with Crippen molar-refractivity contribution in [1.82, 2.24) is 55.9 Å². The Morgan fingerprint density at radius 2 is 0.871 bits per heavy atom. The standard InChI is InChI=1S/C49H52F2N10O8.C32H34F2N6O4.C17H20N4O5/c50-31-23-30(24-32(51)26-31)22-29-4-7-38-37(25-29)45(58-57-38)56-46(64)35-6-5-34(27-40(35)54-33-10-18-68-19-11-33)60-16-14-59(15-17-60)28-43(63)53-13-21-69-20-12-52-39-3-1-2-36-44(39)49(67)61(48(36)66)41-8-9-42(62)55-47(41)65;33-22-14-21(15-23(34)17-22)13-20-1-4-28-27(16-20)31(38-37-28)36-32(43)26-3-2-25(18-29(26)35-24-5-11-44-12-6-24)40-9-7-39(8-10-40)19-30(41)42;18-6-8-26-9-7-19-11-3-1-2-10-14(11)17(25)21(16(10)24)12-4-5-13(22)20-15(12)23/h1-7,23-27,33,41,52,54H,8-22,28H2,(H,53,63)(H,55,62,65)(H2,56,57,58,64);1-4,14-18,24,35H,5-13,19H2,(H,41,42)(H2,36,37,38,43);1-3,12,19H,4-9,18H2,(H,20,22,23). The maximum atomic E-state index is 14.0. The van der Waals surface area contributed by atoms with Gasteiger partial charge >= 0.3 is 5.97 Å². The molecule has 37 nitrogen and oxygen atoms in total. The fourth-order valence-electron chi connectivity index (χ4n) is 18.2. The normalized spacial score (nSPS) is 17.6. The fourth-order valence-corrected chi connectivity index (χ4v) is 18.2. The molecule has 11 amide bonds. The molecule has 14 N–H and O–H groups in total. The highest BCUT2D eigenvalue weighted by Gasteiger charge is 2.48. The van der Waals surface area contributed by atoms with E-state index in [1.165, 1.54) is 30.3 Å². The van der Waals surface area contributed by atoms with E-state index in [-0.39, 0.29) is 110 Å². The Bertz CT molecular complexity index is 6270. The van der Waals surface area contributed by atoms with Gasteiger partial charge in [-0.25, -0.2) is 17.6 Å². The van der Waals surface area contributed by atoms with E-state index >= 15 is 0 Å². The first-order valence-electron chi connectivity index (χ1n) is 46.2. The average molecular weight is 1910 g/mol. The number of piperazine rings is 2. The predicted molar refractivity (Wildman–Crippen MR) is 506 cm³/mol. The second-order valence-electron chi connectivity index (χ2n) is 34.7. The van der Waals surface area contributed by atoms with Gasteiger partial charge in [-0.1, -0.05) is 24.3 Å². The van der Waals surface area contributed by atoms with Gasteiger partial charge in [-0.05, 0) is 183 Å². The zero-order valence-electron chi connectivity index (χ0n) is 75.9. The molecular weight excluding hydrogens is 1810 g/mol. The molecule has 6 saturated heterocycles. The van der Waals surface area contributed by atoms with Crippen molar-refractivity contribution in [3.63, 3.8) is 0 Å². The van der Waals surface area contributed by atoms with Crippen LogP contribution < -0.4 is 63.4 Å². The van der Waals surface area contributed by atoms with Crippen LogP contribution in [0.5, 0.6) is 0 Å². The molecule has 8 aliphatic rings. The Kier molecular flexibility index (Phi) is 31.6. The number of aromatic nitrogens is 4. The molecule has 10 aromatic rings. The van der Waals surface area contributed by atoms with Crippen LogP contribution in [0.4, 0.5) is 63.3 Å². The first-order chi connectivity index (χ1) is 67.3. The van der Waals surface area contributed by atoms with Crippen LogP contribution >= 0.6 is 0 Å². The first-order valence-corrected chi connectivity index (χ1v) is 46.2. The van der Waals surface area contributed by atoms with Crippen LogP contribution in [0.15, 0.2) is 146 Å². The number of halogens is 4. The summed E-state index contributed by atoms with van der Waals surface area (Å²) in [5, 5.41) is 51.6. The van der Waals surface area contributed by atoms with Crippen molar-refractivity contribution in [2.24, 2.45) is 5.73 Å². The SMILES string of the molecule is NCCOCCNc1cccc2c1C(=O)N(C1CCC(=O)NC1=O)C2=O.O=C(CN1CCN(c2ccc(C(=O)Nc3n[nH]c4ccc(Cc5cc(F)cc(F)c5)cc34)c(NC3CCOCC3)c2)CC1)NCCOCCNc1cccc2c1C(=O)N(C1CCC(=O)NC1=O)C2=O.O=C(O)CN1CCN(c2ccc(C(=O)Nc3n[nH]c4ccc(Cc5cc(F)cc(F)c5)cc34)c(NC3CCOCC3)c2)CC1. The highest BCUT2D eigenvalue weighted by atomic mass is 19.1. The second-order valence-corrected chi connectivity index (χ2v) is 34.7. The van der Waals surface area contributed by atoms with E-state index in [0.29, 0.717) is 203 Å². The van der Waals surface area contributed by atoms with E-state index in [4.69, 9.17) is 29.8 Å². The minimum atomic E-state index is -1.05. The van der Waals surface area contributed by atoms with Gasteiger partial charge in [-0.15, -0.1) is 0 Å². The number of aromatic amines is 2. The fraction of sp³-hybridized carbons (Fsp3) is 0.367.